The molecule has 6 atom stereocenters. The van der Waals surface area contributed by atoms with E-state index in [-0.39, 0.29) is 38.2 Å². The topological polar surface area (TPSA) is 314 Å². The number of guanidine groups is 1. The summed E-state index contributed by atoms with van der Waals surface area (Å²) in [5.41, 5.74) is 10.8. The molecule has 1 aliphatic heterocycles. The number of nitrogens with two attached hydrogens (primary N) is 2. The van der Waals surface area contributed by atoms with E-state index < -0.39 is 103 Å². The molecule has 0 aliphatic carbocycles. The highest BCUT2D eigenvalue weighted by atomic mass is 32.2. The van der Waals surface area contributed by atoms with Gasteiger partial charge in [-0.25, -0.2) is 0 Å². The van der Waals surface area contributed by atoms with E-state index in [1.807, 2.05) is 0 Å². The summed E-state index contributed by atoms with van der Waals surface area (Å²) in [5.74, 6) is -6.79. The second kappa shape index (κ2) is 29.0. The summed E-state index contributed by atoms with van der Waals surface area (Å²) in [6.07, 6.45) is 3.84. The summed E-state index contributed by atoms with van der Waals surface area (Å²) >= 11 is 1.39. The zero-order valence-corrected chi connectivity index (χ0v) is 33.6. The van der Waals surface area contributed by atoms with Crippen LogP contribution >= 0.6 is 11.8 Å². The van der Waals surface area contributed by atoms with Gasteiger partial charge in [-0.1, -0.05) is 33.1 Å². The number of amides is 5. The fourth-order valence-corrected chi connectivity index (χ4v) is 5.37. The van der Waals surface area contributed by atoms with E-state index in [9.17, 15) is 48.6 Å². The van der Waals surface area contributed by atoms with Gasteiger partial charge >= 0.3 is 5.97 Å². The molecule has 0 saturated carbocycles. The van der Waals surface area contributed by atoms with Crippen molar-refractivity contribution in [3.8, 4) is 0 Å². The summed E-state index contributed by atoms with van der Waals surface area (Å²) in [4.78, 5) is 107. The van der Waals surface area contributed by atoms with Crippen molar-refractivity contribution in [3.63, 3.8) is 0 Å². The van der Waals surface area contributed by atoms with Gasteiger partial charge in [-0.3, -0.25) is 43.3 Å². The Labute approximate surface area is 327 Å². The van der Waals surface area contributed by atoms with Crippen molar-refractivity contribution in [3.05, 3.63) is 0 Å². The van der Waals surface area contributed by atoms with Gasteiger partial charge in [0.05, 0.1) is 24.7 Å². The van der Waals surface area contributed by atoms with E-state index in [1.165, 1.54) is 38.5 Å². The molecule has 0 bridgehead atoms. The normalized spacial score (nSPS) is 23.6. The van der Waals surface area contributed by atoms with Crippen LogP contribution in [0.2, 0.25) is 0 Å². The lowest BCUT2D eigenvalue weighted by molar-refractivity contribution is -0.140. The molecular weight excluding hydrogens is 739 g/mol. The third kappa shape index (κ3) is 22.6. The molecule has 20 heteroatoms. The van der Waals surface area contributed by atoms with Crippen LogP contribution in [0.4, 0.5) is 0 Å². The third-order valence-corrected chi connectivity index (χ3v) is 8.94. The molecule has 1 rings (SSSR count). The van der Waals surface area contributed by atoms with Crippen molar-refractivity contribution in [1.29, 1.82) is 0 Å². The number of Topliss-reactive ketones (excluding diaryl/α,β-unsaturated/α-hetero) is 2. The average Bonchev–Trinajstić information content (AvgIpc) is 3.13. The fourth-order valence-electron chi connectivity index (χ4n) is 4.90. The summed E-state index contributed by atoms with van der Waals surface area (Å²) in [7, 11) is 0. The smallest absolute Gasteiger partial charge is 0.303 e. The van der Waals surface area contributed by atoms with Gasteiger partial charge in [-0.05, 0) is 70.9 Å². The van der Waals surface area contributed by atoms with Gasteiger partial charge in [0.1, 0.15) is 18.1 Å². The molecule has 5 amide bonds. The monoisotopic (exact) mass is 801 g/mol. The number of carbonyl (C=O) groups is 8. The minimum absolute atomic E-state index is 0.0634. The van der Waals surface area contributed by atoms with Crippen LogP contribution in [0.5, 0.6) is 0 Å². The van der Waals surface area contributed by atoms with E-state index in [0.717, 1.165) is 0 Å². The van der Waals surface area contributed by atoms with Gasteiger partial charge in [0.2, 0.25) is 41.1 Å². The zero-order valence-electron chi connectivity index (χ0n) is 32.7. The number of hydrogen-bond acceptors (Lipinski definition) is 12. The van der Waals surface area contributed by atoms with E-state index in [2.05, 4.69) is 50.7 Å². The summed E-state index contributed by atoms with van der Waals surface area (Å²) < 4.78 is 0. The SMILES string of the molecule is CCCC.CSCCC1NC(=O)[C@H](CCCN=C(N)N)NC(=O)C(CCC(=O)O)NC(=O)[C@H]([C@@H](C)O)NC(=O)CNC(=O)CCCCCNC(C)C(=O)C1=O. The van der Waals surface area contributed by atoms with Crippen molar-refractivity contribution in [2.24, 2.45) is 16.5 Å². The number of aliphatic carboxylic acids is 1. The first kappa shape index (κ1) is 50.7. The van der Waals surface area contributed by atoms with E-state index >= 15 is 0 Å². The molecule has 0 aromatic rings. The highest BCUT2D eigenvalue weighted by molar-refractivity contribution is 7.98. The van der Waals surface area contributed by atoms with E-state index in [0.29, 0.717) is 31.6 Å². The lowest BCUT2D eigenvalue weighted by atomic mass is 10.0. The Morgan fingerprint density at radius 3 is 2.00 bits per heavy atom. The number of aliphatic imine (C=N–C) groups is 1. The molecule has 0 aromatic heterocycles. The van der Waals surface area contributed by atoms with E-state index in [1.54, 1.807) is 6.26 Å². The van der Waals surface area contributed by atoms with Gasteiger partial charge in [0.25, 0.3) is 0 Å². The van der Waals surface area contributed by atoms with Crippen LogP contribution in [0, 0.1) is 0 Å². The van der Waals surface area contributed by atoms with Crippen molar-refractivity contribution < 1.29 is 48.6 Å². The quantitative estimate of drug-likeness (QED) is 0.0470. The number of aliphatic hydroxyl groups excluding tert-OH is 1. The maximum absolute atomic E-state index is 13.7. The number of ketones is 2. The van der Waals surface area contributed by atoms with Crippen LogP contribution in [0.25, 0.3) is 0 Å². The number of thioether (sulfide) groups is 1. The fraction of sp³-hybridized carbons (Fsp3) is 0.743. The van der Waals surface area contributed by atoms with Crippen LogP contribution < -0.4 is 43.4 Å². The Kier molecular flexibility index (Phi) is 26.8. The predicted molar refractivity (Wildman–Crippen MR) is 209 cm³/mol. The third-order valence-electron chi connectivity index (χ3n) is 8.30. The van der Waals surface area contributed by atoms with Crippen molar-refractivity contribution in [1.82, 2.24) is 31.9 Å². The molecule has 1 aliphatic rings. The van der Waals surface area contributed by atoms with Gasteiger partial charge in [-0.15, -0.1) is 0 Å². The van der Waals surface area contributed by atoms with Gasteiger partial charge < -0.3 is 53.6 Å². The first-order valence-corrected chi connectivity index (χ1v) is 20.1. The molecule has 0 radical (unpaired) electrons. The van der Waals surface area contributed by atoms with Crippen molar-refractivity contribution >= 4 is 64.8 Å². The number of carboxylic acids is 1. The highest BCUT2D eigenvalue weighted by Crippen LogP contribution is 2.09. The standard InChI is InChI=1S/C31H53N9O10S.C4H10/c1-17-26(46)27(47)19(12-15-51-3)37-28(48)20(8-7-14-35-31(32)33)38-29(49)21(10-11-24(44)45)39-30(50)25(18(2)41)40-23(43)16-36-22(42)9-5-4-6-13-34-17;1-3-4-2/h17-21,25,34,41H,4-16H2,1-3H3,(H,36,42)(H,37,48)(H,38,49)(H,39,50)(H,40,43)(H,44,45)(H4,32,33,35);3-4H2,1-2H3/t17?,18-,19?,20+,21?,25+;/m1./s1. The molecule has 0 aromatic carbocycles. The van der Waals surface area contributed by atoms with Gasteiger partial charge in [-0.2, -0.15) is 11.8 Å². The Bertz CT molecular complexity index is 1300. The Balaban J connectivity index is 0.00000692. The molecule has 0 spiro atoms. The summed E-state index contributed by atoms with van der Waals surface area (Å²) in [6.45, 7) is 7.00. The number of rotatable bonds is 12. The van der Waals surface area contributed by atoms with Crippen molar-refractivity contribution in [2.45, 2.75) is 135 Å². The Morgan fingerprint density at radius 2 is 1.44 bits per heavy atom. The molecular formula is C35H63N9O10S. The predicted octanol–water partition coefficient (Wildman–Crippen LogP) is -1.41. The molecule has 1 fully saturated rings. The first-order chi connectivity index (χ1) is 26.0. The summed E-state index contributed by atoms with van der Waals surface area (Å²) in [6, 6.07) is -6.63. The second-order valence-electron chi connectivity index (χ2n) is 13.1. The second-order valence-corrected chi connectivity index (χ2v) is 14.1. The van der Waals surface area contributed by atoms with E-state index in [4.69, 9.17) is 11.5 Å². The Morgan fingerprint density at radius 1 is 0.836 bits per heavy atom. The molecule has 1 saturated heterocycles. The van der Waals surface area contributed by atoms with Crippen LogP contribution in [-0.4, -0.2) is 131 Å². The van der Waals surface area contributed by atoms with Gasteiger partial charge in [0.15, 0.2) is 5.96 Å². The molecule has 19 nitrogen and oxygen atoms in total. The number of hydrogen-bond donors (Lipinski definition) is 10. The van der Waals surface area contributed by atoms with Gasteiger partial charge in [0, 0.05) is 19.4 Å². The number of unbranched alkanes of at least 4 members (excludes halogenated alkanes) is 1. The minimum atomic E-state index is -1.60. The average molecular weight is 802 g/mol. The molecule has 3 unspecified atom stereocenters. The summed E-state index contributed by atoms with van der Waals surface area (Å²) in [5, 5.41) is 34.7. The lowest BCUT2D eigenvalue weighted by Crippen LogP contribution is -2.60. The zero-order chi connectivity index (χ0) is 41.9. The largest absolute Gasteiger partial charge is 0.481 e. The Hall–Kier alpha value is -4.30. The number of carbonyl (C=O) groups excluding carboxylic acids is 7. The van der Waals surface area contributed by atoms with Crippen molar-refractivity contribution in [2.75, 3.05) is 31.6 Å². The maximum Gasteiger partial charge on any atom is 0.303 e. The van der Waals surface area contributed by atoms with Crippen LogP contribution in [0.15, 0.2) is 4.99 Å². The first-order valence-electron chi connectivity index (χ1n) is 18.7. The highest BCUT2D eigenvalue weighted by Gasteiger charge is 2.34. The van der Waals surface area contributed by atoms with Crippen LogP contribution in [-0.2, 0) is 38.4 Å². The molecule has 1 heterocycles. The lowest BCUT2D eigenvalue weighted by Gasteiger charge is -2.27. The minimum Gasteiger partial charge on any atom is -0.481 e. The number of aliphatic hydroxyl groups is 1. The molecule has 12 N–H and O–H groups in total. The van der Waals surface area contributed by atoms with Crippen LogP contribution in [0.1, 0.15) is 98.3 Å². The maximum atomic E-state index is 13.7. The number of nitrogens with one attached hydrogen (secondary N) is 6. The van der Waals surface area contributed by atoms with Crippen LogP contribution in [0.3, 0.4) is 0 Å². The number of carboxylic acid groups (broad SMARTS) is 1. The molecule has 55 heavy (non-hydrogen) atoms. The number of nitrogens with zero attached hydrogens (tertiary/aromatic N) is 1. The molecule has 314 valence electrons.